The van der Waals surface area contributed by atoms with E-state index in [9.17, 15) is 19.8 Å². The first kappa shape index (κ1) is 62.1. The van der Waals surface area contributed by atoms with Crippen molar-refractivity contribution in [1.82, 2.24) is 5.32 Å². The van der Waals surface area contributed by atoms with Crippen LogP contribution in [0.5, 0.6) is 0 Å². The third kappa shape index (κ3) is 49.5. The Hall–Kier alpha value is -1.92. The van der Waals surface area contributed by atoms with Crippen LogP contribution in [0.3, 0.4) is 0 Å². The number of ether oxygens (including phenoxy) is 1. The van der Waals surface area contributed by atoms with Crippen molar-refractivity contribution in [1.29, 1.82) is 0 Å². The maximum Gasteiger partial charge on any atom is 0.305 e. The molecule has 0 heterocycles. The van der Waals surface area contributed by atoms with Gasteiger partial charge in [0.1, 0.15) is 0 Å². The van der Waals surface area contributed by atoms with E-state index in [1.54, 1.807) is 0 Å². The third-order valence-electron chi connectivity index (χ3n) is 12.9. The van der Waals surface area contributed by atoms with E-state index >= 15 is 0 Å². The number of carbonyl (C=O) groups is 2. The normalized spacial score (nSPS) is 12.9. The van der Waals surface area contributed by atoms with Crippen LogP contribution in [0, 0.1) is 0 Å². The zero-order chi connectivity index (χ0) is 46.5. The first-order valence-corrected chi connectivity index (χ1v) is 28.2. The Morgan fingerprint density at radius 1 is 0.438 bits per heavy atom. The van der Waals surface area contributed by atoms with Crippen molar-refractivity contribution in [3.05, 3.63) is 36.5 Å². The standard InChI is InChI=1S/C58H109NO5/c1-3-5-7-9-11-13-15-17-19-20-21-22-23-24-25-26-30-34-38-42-46-50-56(61)55(54-60)59-57(62)51-47-43-39-35-31-28-29-33-37-41-45-49-53-64-58(63)52-48-44-40-36-32-27-18-16-14-12-10-8-6-4-2/h10,12,16,18,29,33,55-56,60-61H,3-9,11,13-15,17,19-28,30-32,34-54H2,1-2H3,(H,59,62)/b12-10-,18-16-,33-29-. The van der Waals surface area contributed by atoms with Gasteiger partial charge in [-0.05, 0) is 83.5 Å². The molecule has 6 nitrogen and oxygen atoms in total. The highest BCUT2D eigenvalue weighted by Crippen LogP contribution is 2.17. The van der Waals surface area contributed by atoms with Gasteiger partial charge in [0.2, 0.25) is 5.91 Å². The second-order valence-corrected chi connectivity index (χ2v) is 19.3. The van der Waals surface area contributed by atoms with Gasteiger partial charge < -0.3 is 20.3 Å². The Morgan fingerprint density at radius 2 is 0.797 bits per heavy atom. The number of unbranched alkanes of at least 4 members (excludes halogenated alkanes) is 35. The molecule has 0 aromatic heterocycles. The third-order valence-corrected chi connectivity index (χ3v) is 12.9. The highest BCUT2D eigenvalue weighted by atomic mass is 16.5. The maximum absolute atomic E-state index is 12.5. The minimum Gasteiger partial charge on any atom is -0.466 e. The fourth-order valence-electron chi connectivity index (χ4n) is 8.53. The Kier molecular flexibility index (Phi) is 52.1. The molecular formula is C58H109NO5. The lowest BCUT2D eigenvalue weighted by molar-refractivity contribution is -0.143. The van der Waals surface area contributed by atoms with Gasteiger partial charge in [0.05, 0.1) is 25.4 Å². The van der Waals surface area contributed by atoms with Crippen molar-refractivity contribution in [2.24, 2.45) is 0 Å². The highest BCUT2D eigenvalue weighted by Gasteiger charge is 2.20. The molecule has 0 aromatic carbocycles. The summed E-state index contributed by atoms with van der Waals surface area (Å²) in [6.07, 6.45) is 65.6. The molecule has 0 bridgehead atoms. The van der Waals surface area contributed by atoms with Crippen LogP contribution in [0.25, 0.3) is 0 Å². The summed E-state index contributed by atoms with van der Waals surface area (Å²) in [4.78, 5) is 24.5. The summed E-state index contributed by atoms with van der Waals surface area (Å²) in [6.45, 7) is 4.86. The van der Waals surface area contributed by atoms with Crippen LogP contribution < -0.4 is 5.32 Å². The fraction of sp³-hybridized carbons (Fsp3) is 0.862. The second-order valence-electron chi connectivity index (χ2n) is 19.3. The number of rotatable bonds is 52. The lowest BCUT2D eigenvalue weighted by atomic mass is 10.0. The van der Waals surface area contributed by atoms with Crippen LogP contribution in [0.2, 0.25) is 0 Å². The Labute approximate surface area is 398 Å². The number of hydrogen-bond acceptors (Lipinski definition) is 5. The molecule has 0 spiro atoms. The summed E-state index contributed by atoms with van der Waals surface area (Å²) in [6, 6.07) is -0.562. The summed E-state index contributed by atoms with van der Waals surface area (Å²) < 4.78 is 5.44. The summed E-state index contributed by atoms with van der Waals surface area (Å²) in [7, 11) is 0. The quantitative estimate of drug-likeness (QED) is 0.0321. The maximum atomic E-state index is 12.5. The predicted octanol–water partition coefficient (Wildman–Crippen LogP) is 17.2. The molecule has 6 heteroatoms. The molecule has 1 amide bonds. The van der Waals surface area contributed by atoms with Crippen molar-refractivity contribution >= 4 is 11.9 Å². The number of amides is 1. The number of aliphatic hydroxyl groups is 2. The van der Waals surface area contributed by atoms with Gasteiger partial charge in [-0.2, -0.15) is 0 Å². The zero-order valence-electron chi connectivity index (χ0n) is 42.8. The SMILES string of the molecule is CCCC/C=C\C/C=C\CCCCCCCC(=O)OCCCCC/C=C\CCCCCCCC(=O)NC(CO)C(O)CCCCCCCCCCCCCCCCCCCCCCC. The van der Waals surface area contributed by atoms with E-state index in [1.165, 1.54) is 173 Å². The lowest BCUT2D eigenvalue weighted by Gasteiger charge is -2.22. The van der Waals surface area contributed by atoms with Crippen molar-refractivity contribution in [2.45, 2.75) is 309 Å². The van der Waals surface area contributed by atoms with Gasteiger partial charge >= 0.3 is 5.97 Å². The number of esters is 1. The van der Waals surface area contributed by atoms with Gasteiger partial charge in [0.25, 0.3) is 0 Å². The molecule has 0 fully saturated rings. The molecule has 2 unspecified atom stereocenters. The second kappa shape index (κ2) is 53.7. The van der Waals surface area contributed by atoms with Crippen LogP contribution >= 0.6 is 0 Å². The van der Waals surface area contributed by atoms with Gasteiger partial charge in [0, 0.05) is 12.8 Å². The van der Waals surface area contributed by atoms with E-state index in [1.807, 2.05) is 0 Å². The van der Waals surface area contributed by atoms with E-state index in [0.717, 1.165) is 89.9 Å². The molecule has 0 saturated heterocycles. The Bertz CT molecular complexity index is 1040. The first-order chi connectivity index (χ1) is 31.5. The van der Waals surface area contributed by atoms with Crippen LogP contribution in [0.15, 0.2) is 36.5 Å². The van der Waals surface area contributed by atoms with Gasteiger partial charge in [-0.15, -0.1) is 0 Å². The monoisotopic (exact) mass is 900 g/mol. The topological polar surface area (TPSA) is 95.9 Å². The molecule has 64 heavy (non-hydrogen) atoms. The molecule has 376 valence electrons. The van der Waals surface area contributed by atoms with Crippen LogP contribution in [-0.2, 0) is 14.3 Å². The smallest absolute Gasteiger partial charge is 0.305 e. The summed E-state index contributed by atoms with van der Waals surface area (Å²) in [5, 5.41) is 23.3. The largest absolute Gasteiger partial charge is 0.466 e. The lowest BCUT2D eigenvalue weighted by Crippen LogP contribution is -2.45. The molecule has 0 rings (SSSR count). The summed E-state index contributed by atoms with van der Waals surface area (Å²) in [5.41, 5.74) is 0. The Balaban J connectivity index is 3.51. The van der Waals surface area contributed by atoms with Gasteiger partial charge in [-0.3, -0.25) is 9.59 Å². The number of hydrogen-bond donors (Lipinski definition) is 3. The molecule has 0 aliphatic heterocycles. The van der Waals surface area contributed by atoms with E-state index in [2.05, 4.69) is 55.6 Å². The van der Waals surface area contributed by atoms with Crippen molar-refractivity contribution in [2.75, 3.05) is 13.2 Å². The van der Waals surface area contributed by atoms with Crippen molar-refractivity contribution < 1.29 is 24.5 Å². The van der Waals surface area contributed by atoms with Crippen LogP contribution in [-0.4, -0.2) is 47.4 Å². The molecule has 0 saturated carbocycles. The molecule has 0 radical (unpaired) electrons. The van der Waals surface area contributed by atoms with Crippen LogP contribution in [0.4, 0.5) is 0 Å². The number of nitrogens with one attached hydrogen (secondary N) is 1. The van der Waals surface area contributed by atoms with Crippen molar-refractivity contribution in [3.63, 3.8) is 0 Å². The number of carbonyl (C=O) groups excluding carboxylic acids is 2. The molecular weight excluding hydrogens is 791 g/mol. The van der Waals surface area contributed by atoms with Crippen LogP contribution in [0.1, 0.15) is 296 Å². The van der Waals surface area contributed by atoms with Gasteiger partial charge in [-0.1, -0.05) is 237 Å². The van der Waals surface area contributed by atoms with E-state index in [0.29, 0.717) is 25.9 Å². The highest BCUT2D eigenvalue weighted by molar-refractivity contribution is 5.76. The predicted molar refractivity (Wildman–Crippen MR) is 278 cm³/mol. The minimum atomic E-state index is -0.682. The average molecular weight is 901 g/mol. The summed E-state index contributed by atoms with van der Waals surface area (Å²) in [5.74, 6) is -0.0971. The molecule has 3 N–H and O–H groups in total. The summed E-state index contributed by atoms with van der Waals surface area (Å²) >= 11 is 0. The van der Waals surface area contributed by atoms with Crippen molar-refractivity contribution in [3.8, 4) is 0 Å². The van der Waals surface area contributed by atoms with E-state index < -0.39 is 12.1 Å². The molecule has 0 aliphatic carbocycles. The fourth-order valence-corrected chi connectivity index (χ4v) is 8.53. The average Bonchev–Trinajstić information content (AvgIpc) is 3.29. The minimum absolute atomic E-state index is 0.0371. The van der Waals surface area contributed by atoms with Gasteiger partial charge in [0.15, 0.2) is 0 Å². The zero-order valence-corrected chi connectivity index (χ0v) is 42.8. The number of allylic oxidation sites excluding steroid dienone is 6. The Morgan fingerprint density at radius 3 is 1.25 bits per heavy atom. The van der Waals surface area contributed by atoms with Gasteiger partial charge in [-0.25, -0.2) is 0 Å². The molecule has 0 aliphatic rings. The molecule has 2 atom stereocenters. The van der Waals surface area contributed by atoms with E-state index in [-0.39, 0.29) is 18.5 Å². The molecule has 0 aromatic rings. The number of aliphatic hydroxyl groups excluding tert-OH is 2. The first-order valence-electron chi connectivity index (χ1n) is 28.2. The van der Waals surface area contributed by atoms with E-state index in [4.69, 9.17) is 4.74 Å².